The molecule has 0 unspecified atom stereocenters. The van der Waals surface area contributed by atoms with Gasteiger partial charge in [-0.3, -0.25) is 5.43 Å². The second-order valence-corrected chi connectivity index (χ2v) is 2.45. The molecule has 0 saturated heterocycles. The Kier molecular flexibility index (Phi) is 19.5. The van der Waals surface area contributed by atoms with Gasteiger partial charge in [0, 0.05) is 6.72 Å². The topological polar surface area (TPSA) is 24.4 Å². The largest absolute Gasteiger partial charge is 0.279 e. The van der Waals surface area contributed by atoms with Crippen molar-refractivity contribution in [2.24, 2.45) is 5.10 Å². The molecule has 0 atom stereocenters. The highest BCUT2D eigenvalue weighted by molar-refractivity contribution is 5.32. The molecule has 0 saturated carbocycles. The molecule has 0 aromatic rings. The summed E-state index contributed by atoms with van der Waals surface area (Å²) in [5.41, 5.74) is 5.46. The normalized spacial score (nSPS) is 8.53. The number of hydrogen-bond donors (Lipinski definition) is 1. The predicted octanol–water partition coefficient (Wildman–Crippen LogP) is 4.28. The number of nitrogens with zero attached hydrogens (tertiary/aromatic N) is 1. The zero-order valence-electron chi connectivity index (χ0n) is 11.1. The van der Waals surface area contributed by atoms with Crippen molar-refractivity contribution < 1.29 is 0 Å². The maximum Gasteiger partial charge on any atom is 0.0587 e. The third kappa shape index (κ3) is 15.4. The minimum absolute atomic E-state index is 0.854. The number of allylic oxidation sites excluding steroid dienone is 3. The Morgan fingerprint density at radius 1 is 1.07 bits per heavy atom. The second-order valence-electron chi connectivity index (χ2n) is 2.45. The van der Waals surface area contributed by atoms with Crippen LogP contribution in [-0.2, 0) is 0 Å². The predicted molar refractivity (Wildman–Crippen MR) is 73.1 cm³/mol. The molecule has 0 aliphatic rings. The minimum Gasteiger partial charge on any atom is -0.279 e. The maximum atomic E-state index is 3.77. The molecule has 15 heavy (non-hydrogen) atoms. The molecule has 88 valence electrons. The van der Waals surface area contributed by atoms with Gasteiger partial charge in [0.05, 0.1) is 5.70 Å². The quantitative estimate of drug-likeness (QED) is 0.418. The van der Waals surface area contributed by atoms with Crippen LogP contribution in [0.5, 0.6) is 0 Å². The first-order valence-corrected chi connectivity index (χ1v) is 5.32. The van der Waals surface area contributed by atoms with Crippen LogP contribution >= 0.6 is 0 Å². The Morgan fingerprint density at radius 2 is 1.47 bits per heavy atom. The van der Waals surface area contributed by atoms with E-state index in [9.17, 15) is 0 Å². The Bertz CT molecular complexity index is 213. The molecule has 0 bridgehead atoms. The van der Waals surface area contributed by atoms with E-state index in [1.165, 1.54) is 0 Å². The van der Waals surface area contributed by atoms with E-state index >= 15 is 0 Å². The summed E-state index contributed by atoms with van der Waals surface area (Å²) in [5.74, 6) is 0. The number of hydrazone groups is 1. The fraction of sp³-hybridized carbons (Fsp3) is 0.462. The van der Waals surface area contributed by atoms with Crippen molar-refractivity contribution in [2.45, 2.75) is 41.5 Å². The van der Waals surface area contributed by atoms with Crippen molar-refractivity contribution in [1.29, 1.82) is 0 Å². The smallest absolute Gasteiger partial charge is 0.0587 e. The van der Waals surface area contributed by atoms with Gasteiger partial charge in [-0.15, -0.1) is 0 Å². The average molecular weight is 210 g/mol. The van der Waals surface area contributed by atoms with Crippen LogP contribution in [-0.4, -0.2) is 6.72 Å². The summed E-state index contributed by atoms with van der Waals surface area (Å²) in [6.07, 6.45) is 1.87. The van der Waals surface area contributed by atoms with Crippen molar-refractivity contribution in [3.8, 4) is 0 Å². The molecule has 0 radical (unpaired) electrons. The van der Waals surface area contributed by atoms with Crippen LogP contribution in [0.1, 0.15) is 41.5 Å². The molecule has 0 spiro atoms. The van der Waals surface area contributed by atoms with Crippen LogP contribution in [0, 0.1) is 0 Å². The van der Waals surface area contributed by atoms with Crippen LogP contribution in [0.25, 0.3) is 0 Å². The number of nitrogens with one attached hydrogen (secondary N) is 1. The molecular weight excluding hydrogens is 184 g/mol. The zero-order chi connectivity index (χ0) is 12.9. The van der Waals surface area contributed by atoms with E-state index < -0.39 is 0 Å². The van der Waals surface area contributed by atoms with E-state index in [0.29, 0.717) is 0 Å². The van der Waals surface area contributed by atoms with Gasteiger partial charge >= 0.3 is 0 Å². The molecule has 0 aromatic heterocycles. The van der Waals surface area contributed by atoms with Crippen LogP contribution in [0.4, 0.5) is 0 Å². The fourth-order valence-corrected chi connectivity index (χ4v) is 0.582. The molecule has 0 aliphatic carbocycles. The molecule has 2 nitrogen and oxygen atoms in total. The molecule has 0 heterocycles. The van der Waals surface area contributed by atoms with Crippen molar-refractivity contribution in [3.05, 3.63) is 36.1 Å². The Labute approximate surface area is 95.5 Å². The van der Waals surface area contributed by atoms with Crippen LogP contribution in [0.2, 0.25) is 0 Å². The molecule has 1 N–H and O–H groups in total. The van der Waals surface area contributed by atoms with Crippen molar-refractivity contribution >= 4 is 6.72 Å². The van der Waals surface area contributed by atoms with Crippen molar-refractivity contribution in [2.75, 3.05) is 0 Å². The van der Waals surface area contributed by atoms with Gasteiger partial charge in [0.25, 0.3) is 0 Å². The molecule has 0 fully saturated rings. The van der Waals surface area contributed by atoms with Gasteiger partial charge in [0.1, 0.15) is 0 Å². The third-order valence-corrected chi connectivity index (χ3v) is 1.05. The Morgan fingerprint density at radius 3 is 1.67 bits per heavy atom. The first kappa shape index (κ1) is 19.3. The second kappa shape index (κ2) is 15.2. The van der Waals surface area contributed by atoms with E-state index in [1.54, 1.807) is 0 Å². The highest BCUT2D eigenvalue weighted by Crippen LogP contribution is 2.05. The summed E-state index contributed by atoms with van der Waals surface area (Å²) < 4.78 is 0. The van der Waals surface area contributed by atoms with Gasteiger partial charge in [-0.1, -0.05) is 46.4 Å². The molecule has 0 rings (SSSR count). The third-order valence-electron chi connectivity index (χ3n) is 1.05. The SMILES string of the molecule is C=NN/C(=C/C(=C)C)C(=C)C.CC.CC. The lowest BCUT2D eigenvalue weighted by Crippen LogP contribution is -2.04. The van der Waals surface area contributed by atoms with Gasteiger partial charge in [0.15, 0.2) is 0 Å². The van der Waals surface area contributed by atoms with Gasteiger partial charge in [-0.25, -0.2) is 0 Å². The van der Waals surface area contributed by atoms with E-state index in [-0.39, 0.29) is 0 Å². The van der Waals surface area contributed by atoms with Gasteiger partial charge < -0.3 is 0 Å². The van der Waals surface area contributed by atoms with Gasteiger partial charge in [0.2, 0.25) is 0 Å². The van der Waals surface area contributed by atoms with E-state index in [2.05, 4.69) is 30.4 Å². The lowest BCUT2D eigenvalue weighted by molar-refractivity contribution is 0.906. The summed E-state index contributed by atoms with van der Waals surface area (Å²) in [6, 6.07) is 0. The van der Waals surface area contributed by atoms with E-state index in [4.69, 9.17) is 0 Å². The minimum atomic E-state index is 0.854. The number of rotatable bonds is 4. The van der Waals surface area contributed by atoms with Crippen molar-refractivity contribution in [1.82, 2.24) is 5.43 Å². The monoisotopic (exact) mass is 210 g/mol. The molecule has 2 heteroatoms. The van der Waals surface area contributed by atoms with Crippen molar-refractivity contribution in [3.63, 3.8) is 0 Å². The van der Waals surface area contributed by atoms with Gasteiger partial charge in [-0.05, 0) is 25.5 Å². The van der Waals surface area contributed by atoms with E-state index in [0.717, 1.165) is 16.8 Å². The lowest BCUT2D eigenvalue weighted by Gasteiger charge is -2.04. The highest BCUT2D eigenvalue weighted by atomic mass is 15.3. The van der Waals surface area contributed by atoms with Crippen LogP contribution < -0.4 is 5.43 Å². The summed E-state index contributed by atoms with van der Waals surface area (Å²) in [4.78, 5) is 0. The molecular formula is C13H26N2. The van der Waals surface area contributed by atoms with Crippen LogP contribution in [0.3, 0.4) is 0 Å². The highest BCUT2D eigenvalue weighted by Gasteiger charge is 1.93. The molecule has 0 aliphatic heterocycles. The van der Waals surface area contributed by atoms with E-state index in [1.807, 2.05) is 47.6 Å². The molecule has 0 aromatic carbocycles. The fourth-order valence-electron chi connectivity index (χ4n) is 0.582. The standard InChI is InChI=1S/C9H14N2.2C2H6/c1-7(2)6-9(8(3)4)11-10-5;2*1-2/h6,11H,1,3,5H2,2,4H3;2*1-2H3/b9-6+;;. The maximum absolute atomic E-state index is 3.77. The molecule has 0 amide bonds. The summed E-state index contributed by atoms with van der Waals surface area (Å²) in [5, 5.41) is 3.54. The zero-order valence-corrected chi connectivity index (χ0v) is 11.1. The van der Waals surface area contributed by atoms with Crippen LogP contribution in [0.15, 0.2) is 41.2 Å². The average Bonchev–Trinajstić information content (AvgIpc) is 2.22. The lowest BCUT2D eigenvalue weighted by atomic mass is 10.2. The summed E-state index contributed by atoms with van der Waals surface area (Å²) in [7, 11) is 0. The Hall–Kier alpha value is -1.31. The summed E-state index contributed by atoms with van der Waals surface area (Å²) >= 11 is 0. The first-order chi connectivity index (χ1) is 7.07. The summed E-state index contributed by atoms with van der Waals surface area (Å²) in [6.45, 7) is 22.6. The number of hydrogen-bond acceptors (Lipinski definition) is 2. The van der Waals surface area contributed by atoms with Gasteiger partial charge in [-0.2, -0.15) is 5.10 Å². The Balaban J connectivity index is -0.000000318. The first-order valence-electron chi connectivity index (χ1n) is 5.32.